The molecule has 1 aromatic heterocycles. The molecule has 1 aliphatic carbocycles. The van der Waals surface area contributed by atoms with Crippen molar-refractivity contribution < 1.29 is 23.8 Å². The summed E-state index contributed by atoms with van der Waals surface area (Å²) in [6.45, 7) is 3.61. The van der Waals surface area contributed by atoms with E-state index in [2.05, 4.69) is 10.4 Å². The number of aromatic nitrogens is 2. The van der Waals surface area contributed by atoms with Gasteiger partial charge >= 0.3 is 5.97 Å². The number of carboxylic acids is 1. The number of hydrogen-bond donors (Lipinski definition) is 2. The van der Waals surface area contributed by atoms with Crippen LogP contribution in [0.15, 0.2) is 59.7 Å². The van der Waals surface area contributed by atoms with Gasteiger partial charge in [-0.25, -0.2) is 13.9 Å². The number of aryl methyl sites for hydroxylation is 2. The van der Waals surface area contributed by atoms with Crippen molar-refractivity contribution in [2.24, 2.45) is 7.05 Å². The molecule has 1 heterocycles. The van der Waals surface area contributed by atoms with Crippen molar-refractivity contribution >= 4 is 11.9 Å². The van der Waals surface area contributed by atoms with E-state index in [0.717, 1.165) is 5.57 Å². The fraction of sp³-hybridized carbons (Fsp3) is 0.261. The molecule has 1 atom stereocenters. The minimum atomic E-state index is -0.968. The molecule has 1 amide bonds. The van der Waals surface area contributed by atoms with Gasteiger partial charge < -0.3 is 15.2 Å². The third-order valence-electron chi connectivity index (χ3n) is 4.91. The number of aliphatic carboxylic acids is 1. The summed E-state index contributed by atoms with van der Waals surface area (Å²) in [6, 6.07) is 5.68. The summed E-state index contributed by atoms with van der Waals surface area (Å²) in [4.78, 5) is 24.2. The molecule has 0 spiro atoms. The summed E-state index contributed by atoms with van der Waals surface area (Å²) in [5.41, 5.74) is 2.48. The SMILES string of the molecule is Cc1nn(C)c(OCc2cccc(F)c2)c1C(=O)NC(C)C1=CC=C(C(=O)O)CC=C1. The Morgan fingerprint density at radius 2 is 2.13 bits per heavy atom. The van der Waals surface area contributed by atoms with Crippen LogP contribution in [0.5, 0.6) is 5.88 Å². The first kappa shape index (κ1) is 22.0. The highest BCUT2D eigenvalue weighted by molar-refractivity contribution is 5.98. The maximum absolute atomic E-state index is 13.4. The Kier molecular flexibility index (Phi) is 6.69. The van der Waals surface area contributed by atoms with E-state index in [4.69, 9.17) is 9.84 Å². The van der Waals surface area contributed by atoms with Crippen molar-refractivity contribution in [2.45, 2.75) is 32.9 Å². The van der Waals surface area contributed by atoms with Crippen LogP contribution in [0, 0.1) is 12.7 Å². The number of allylic oxidation sites excluding steroid dienone is 3. The Morgan fingerprint density at radius 1 is 1.35 bits per heavy atom. The Hall–Kier alpha value is -3.68. The number of halogens is 1. The van der Waals surface area contributed by atoms with Crippen molar-refractivity contribution in [2.75, 3.05) is 0 Å². The Bertz CT molecular complexity index is 1100. The number of carbonyl (C=O) groups is 2. The molecule has 3 rings (SSSR count). The van der Waals surface area contributed by atoms with Gasteiger partial charge in [-0.05, 0) is 43.5 Å². The van der Waals surface area contributed by atoms with Gasteiger partial charge in [-0.3, -0.25) is 4.79 Å². The monoisotopic (exact) mass is 425 g/mol. The van der Waals surface area contributed by atoms with Gasteiger partial charge in [0, 0.05) is 12.6 Å². The molecular weight excluding hydrogens is 401 g/mol. The molecule has 1 unspecified atom stereocenters. The number of ether oxygens (including phenoxy) is 1. The van der Waals surface area contributed by atoms with E-state index in [1.165, 1.54) is 16.8 Å². The van der Waals surface area contributed by atoms with E-state index in [-0.39, 0.29) is 35.8 Å². The summed E-state index contributed by atoms with van der Waals surface area (Å²) >= 11 is 0. The molecular formula is C23H24FN3O4. The summed E-state index contributed by atoms with van der Waals surface area (Å²) < 4.78 is 20.7. The lowest BCUT2D eigenvalue weighted by molar-refractivity contribution is -0.132. The second-order valence-electron chi connectivity index (χ2n) is 7.27. The third kappa shape index (κ3) is 5.28. The molecule has 1 aliphatic rings. The van der Waals surface area contributed by atoms with Gasteiger partial charge in [0.25, 0.3) is 5.91 Å². The van der Waals surface area contributed by atoms with Crippen LogP contribution in [0.25, 0.3) is 0 Å². The average Bonchev–Trinajstić information content (AvgIpc) is 2.86. The van der Waals surface area contributed by atoms with Crippen LogP contribution in [0.1, 0.15) is 35.0 Å². The number of nitrogens with zero attached hydrogens (tertiary/aromatic N) is 2. The maximum Gasteiger partial charge on any atom is 0.331 e. The zero-order chi connectivity index (χ0) is 22.5. The number of hydrogen-bond acceptors (Lipinski definition) is 4. The zero-order valence-electron chi connectivity index (χ0n) is 17.6. The Balaban J connectivity index is 1.76. The molecule has 8 heteroatoms. The molecule has 0 saturated heterocycles. The molecule has 7 nitrogen and oxygen atoms in total. The van der Waals surface area contributed by atoms with Gasteiger partial charge in [0.2, 0.25) is 5.88 Å². The molecule has 0 bridgehead atoms. The number of rotatable bonds is 7. The third-order valence-corrected chi connectivity index (χ3v) is 4.91. The average molecular weight is 425 g/mol. The summed E-state index contributed by atoms with van der Waals surface area (Å²) in [5.74, 6) is -1.41. The van der Waals surface area contributed by atoms with E-state index in [1.807, 2.05) is 6.92 Å². The molecule has 0 saturated carbocycles. The summed E-state index contributed by atoms with van der Waals surface area (Å²) in [5, 5.41) is 16.3. The summed E-state index contributed by atoms with van der Waals surface area (Å²) in [6.07, 6.45) is 7.10. The second kappa shape index (κ2) is 9.42. The van der Waals surface area contributed by atoms with E-state index in [0.29, 0.717) is 23.2 Å². The summed E-state index contributed by atoms with van der Waals surface area (Å²) in [7, 11) is 1.67. The van der Waals surface area contributed by atoms with Crippen molar-refractivity contribution in [1.29, 1.82) is 0 Å². The molecule has 0 aliphatic heterocycles. The Labute approximate surface area is 179 Å². The van der Waals surface area contributed by atoms with Crippen LogP contribution in [-0.2, 0) is 18.4 Å². The lowest BCUT2D eigenvalue weighted by atomic mass is 10.1. The molecule has 1 aromatic carbocycles. The lowest BCUT2D eigenvalue weighted by Crippen LogP contribution is -2.34. The normalized spacial score (nSPS) is 14.3. The van der Waals surface area contributed by atoms with Crippen molar-refractivity contribution in [3.8, 4) is 5.88 Å². The molecule has 2 aromatic rings. The van der Waals surface area contributed by atoms with Gasteiger partial charge in [-0.1, -0.05) is 36.4 Å². The Morgan fingerprint density at radius 3 is 2.84 bits per heavy atom. The van der Waals surface area contributed by atoms with Crippen molar-refractivity contribution in [3.63, 3.8) is 0 Å². The van der Waals surface area contributed by atoms with E-state index in [1.54, 1.807) is 50.4 Å². The first-order valence-corrected chi connectivity index (χ1v) is 9.78. The second-order valence-corrected chi connectivity index (χ2v) is 7.27. The maximum atomic E-state index is 13.4. The van der Waals surface area contributed by atoms with Crippen molar-refractivity contribution in [1.82, 2.24) is 15.1 Å². The first-order valence-electron chi connectivity index (χ1n) is 9.78. The molecule has 0 fully saturated rings. The lowest BCUT2D eigenvalue weighted by Gasteiger charge is -2.16. The smallest absolute Gasteiger partial charge is 0.331 e. The first-order chi connectivity index (χ1) is 14.8. The van der Waals surface area contributed by atoms with E-state index in [9.17, 15) is 14.0 Å². The minimum absolute atomic E-state index is 0.0865. The highest BCUT2D eigenvalue weighted by Gasteiger charge is 2.24. The predicted molar refractivity (Wildman–Crippen MR) is 113 cm³/mol. The number of nitrogens with one attached hydrogen (secondary N) is 1. The fourth-order valence-corrected chi connectivity index (χ4v) is 3.28. The quantitative estimate of drug-likeness (QED) is 0.709. The standard InChI is InChI=1S/C23H24FN3O4/c1-14(17-7-5-8-18(11-10-17)23(29)30)25-21(28)20-15(2)26-27(3)22(20)31-13-16-6-4-9-19(24)12-16/h4-7,9-12,14H,8,13H2,1-3H3,(H,25,28)(H,29,30). The molecule has 162 valence electrons. The van der Waals surface area contributed by atoms with Crippen LogP contribution in [0.3, 0.4) is 0 Å². The molecule has 31 heavy (non-hydrogen) atoms. The molecule has 2 N–H and O–H groups in total. The molecule has 0 radical (unpaired) electrons. The number of carbonyl (C=O) groups excluding carboxylic acids is 1. The predicted octanol–water partition coefficient (Wildman–Crippen LogP) is 3.46. The van der Waals surface area contributed by atoms with Crippen LogP contribution < -0.4 is 10.1 Å². The van der Waals surface area contributed by atoms with E-state index >= 15 is 0 Å². The zero-order valence-corrected chi connectivity index (χ0v) is 17.6. The van der Waals surface area contributed by atoms with Crippen LogP contribution in [0.2, 0.25) is 0 Å². The highest BCUT2D eigenvalue weighted by atomic mass is 19.1. The number of carboxylic acid groups (broad SMARTS) is 1. The topological polar surface area (TPSA) is 93.5 Å². The minimum Gasteiger partial charge on any atom is -0.478 e. The van der Waals surface area contributed by atoms with Gasteiger partial charge in [-0.2, -0.15) is 5.10 Å². The van der Waals surface area contributed by atoms with Gasteiger partial charge in [0.05, 0.1) is 11.7 Å². The van der Waals surface area contributed by atoms with E-state index < -0.39 is 5.97 Å². The number of benzene rings is 1. The largest absolute Gasteiger partial charge is 0.478 e. The van der Waals surface area contributed by atoms with Gasteiger partial charge in [0.15, 0.2) is 0 Å². The highest BCUT2D eigenvalue weighted by Crippen LogP contribution is 2.23. The van der Waals surface area contributed by atoms with Crippen LogP contribution in [0.4, 0.5) is 4.39 Å². The number of amides is 1. The van der Waals surface area contributed by atoms with Crippen LogP contribution >= 0.6 is 0 Å². The van der Waals surface area contributed by atoms with Gasteiger partial charge in [-0.15, -0.1) is 0 Å². The van der Waals surface area contributed by atoms with Gasteiger partial charge in [0.1, 0.15) is 18.0 Å². The fourth-order valence-electron chi connectivity index (χ4n) is 3.28. The van der Waals surface area contributed by atoms with Crippen molar-refractivity contribution in [3.05, 3.63) is 82.4 Å². The van der Waals surface area contributed by atoms with Crippen LogP contribution in [-0.4, -0.2) is 32.8 Å².